The topological polar surface area (TPSA) is 96.4 Å². The zero-order chi connectivity index (χ0) is 26.4. The fourth-order valence-corrected chi connectivity index (χ4v) is 4.83. The van der Waals surface area contributed by atoms with Crippen molar-refractivity contribution in [2.24, 2.45) is 5.73 Å². The highest BCUT2D eigenvalue weighted by Crippen LogP contribution is 2.27. The monoisotopic (exact) mass is 495 g/mol. The summed E-state index contributed by atoms with van der Waals surface area (Å²) in [5.74, 6) is -0.580. The number of cyclic esters (lactones) is 1. The highest BCUT2D eigenvalue weighted by molar-refractivity contribution is 5.96. The Kier molecular flexibility index (Phi) is 8.05. The van der Waals surface area contributed by atoms with E-state index in [1.54, 1.807) is 19.1 Å². The number of amides is 1. The summed E-state index contributed by atoms with van der Waals surface area (Å²) in [5.41, 5.74) is 10.5. The van der Waals surface area contributed by atoms with Crippen LogP contribution in [0.15, 0.2) is 66.7 Å². The summed E-state index contributed by atoms with van der Waals surface area (Å²) in [7, 11) is 0. The number of hydrogen-bond acceptors (Lipinski definition) is 5. The molecule has 1 aliphatic heterocycles. The first-order valence-corrected chi connectivity index (χ1v) is 12.8. The maximum Gasteiger partial charge on any atom is 0.326 e. The molecule has 3 aromatic rings. The summed E-state index contributed by atoms with van der Waals surface area (Å²) >= 11 is 0. The Balaban J connectivity index is 1.77. The number of carbonyl (C=O) groups is 2. The number of rotatable bonds is 3. The molecule has 1 amide bonds. The molecule has 37 heavy (non-hydrogen) atoms. The number of nitriles is 1. The zero-order valence-corrected chi connectivity index (χ0v) is 21.5. The van der Waals surface area contributed by atoms with Gasteiger partial charge >= 0.3 is 5.97 Å². The molecule has 190 valence electrons. The quantitative estimate of drug-likeness (QED) is 0.514. The number of nitrogens with zero attached hydrogens (tertiary/aromatic N) is 2. The van der Waals surface area contributed by atoms with Crippen LogP contribution in [0.2, 0.25) is 0 Å². The van der Waals surface area contributed by atoms with Crippen LogP contribution in [0.4, 0.5) is 0 Å². The van der Waals surface area contributed by atoms with Crippen molar-refractivity contribution < 1.29 is 14.3 Å². The minimum Gasteiger partial charge on any atom is -0.459 e. The number of esters is 1. The van der Waals surface area contributed by atoms with E-state index in [9.17, 15) is 14.9 Å². The van der Waals surface area contributed by atoms with E-state index in [0.717, 1.165) is 41.5 Å². The van der Waals surface area contributed by atoms with Gasteiger partial charge in [0.2, 0.25) is 0 Å². The third-order valence-electron chi connectivity index (χ3n) is 6.67. The van der Waals surface area contributed by atoms with Crippen molar-refractivity contribution in [2.75, 3.05) is 13.1 Å². The molecule has 6 nitrogen and oxygen atoms in total. The molecule has 1 unspecified atom stereocenters. The number of benzene rings is 3. The zero-order valence-electron chi connectivity index (χ0n) is 21.5. The maximum absolute atomic E-state index is 13.7. The molecule has 1 heterocycles. The summed E-state index contributed by atoms with van der Waals surface area (Å²) in [6.45, 7) is 5.00. The number of fused-ring (bicyclic) bond motifs is 4. The molecule has 0 radical (unpaired) electrons. The molecule has 6 heteroatoms. The highest BCUT2D eigenvalue weighted by atomic mass is 16.5. The molecule has 4 rings (SSSR count). The summed E-state index contributed by atoms with van der Waals surface area (Å²) in [4.78, 5) is 28.6. The molecular weight excluding hydrogens is 462 g/mol. The third kappa shape index (κ3) is 6.25. The van der Waals surface area contributed by atoms with E-state index in [2.05, 4.69) is 25.1 Å². The van der Waals surface area contributed by atoms with Gasteiger partial charge in [-0.05, 0) is 78.3 Å². The number of hydrogen-bond donors (Lipinski definition) is 1. The van der Waals surface area contributed by atoms with Gasteiger partial charge in [-0.15, -0.1) is 0 Å². The fraction of sp³-hybridized carbons (Fsp3) is 0.323. The van der Waals surface area contributed by atoms with Crippen molar-refractivity contribution in [3.05, 3.63) is 94.5 Å². The van der Waals surface area contributed by atoms with Gasteiger partial charge in [0.25, 0.3) is 5.91 Å². The van der Waals surface area contributed by atoms with Crippen LogP contribution in [-0.2, 0) is 29.0 Å². The second-order valence-electron chi connectivity index (χ2n) is 9.96. The molecule has 1 atom stereocenters. The van der Waals surface area contributed by atoms with Crippen molar-refractivity contribution in [1.29, 1.82) is 5.26 Å². The number of nitrogens with two attached hydrogens (primary N) is 1. The third-order valence-corrected chi connectivity index (χ3v) is 6.67. The van der Waals surface area contributed by atoms with Crippen molar-refractivity contribution in [3.63, 3.8) is 0 Å². The molecule has 2 N–H and O–H groups in total. The highest BCUT2D eigenvalue weighted by Gasteiger charge is 2.31. The lowest BCUT2D eigenvalue weighted by molar-refractivity contribution is -0.150. The summed E-state index contributed by atoms with van der Waals surface area (Å²) in [6, 6.07) is 23.1. The van der Waals surface area contributed by atoms with E-state index < -0.39 is 11.5 Å². The molecule has 0 saturated carbocycles. The maximum atomic E-state index is 13.7. The molecule has 1 aliphatic rings. The van der Waals surface area contributed by atoms with E-state index in [0.29, 0.717) is 36.2 Å². The van der Waals surface area contributed by atoms with Gasteiger partial charge in [0.1, 0.15) is 12.1 Å². The number of aryl methyl sites for hydroxylation is 1. The Labute approximate surface area is 218 Å². The standard InChI is InChI=1S/C31H33N3O3/c1-3-13-34-14-7-10-22-8-6-9-23(15-22)19-31(2,33)30(36)37-21-24-16-26(18-27(17-24)29(34)35)28-12-5-4-11-25(28)20-32/h4-6,8-9,11-12,15-18H,3,7,10,13-14,19,21,33H2,1-2H3. The summed E-state index contributed by atoms with van der Waals surface area (Å²) in [6.07, 6.45) is 2.84. The van der Waals surface area contributed by atoms with Crippen LogP contribution < -0.4 is 5.73 Å². The van der Waals surface area contributed by atoms with Crippen LogP contribution in [-0.4, -0.2) is 35.4 Å². The molecule has 0 aliphatic carbocycles. The molecule has 0 spiro atoms. The van der Waals surface area contributed by atoms with E-state index >= 15 is 0 Å². The molecule has 3 aromatic carbocycles. The van der Waals surface area contributed by atoms with Crippen LogP contribution in [0.5, 0.6) is 0 Å². The van der Waals surface area contributed by atoms with E-state index in [1.807, 2.05) is 47.4 Å². The first kappa shape index (κ1) is 26.1. The Morgan fingerprint density at radius 2 is 1.76 bits per heavy atom. The van der Waals surface area contributed by atoms with E-state index in [4.69, 9.17) is 10.5 Å². The Morgan fingerprint density at radius 1 is 1.00 bits per heavy atom. The van der Waals surface area contributed by atoms with Gasteiger partial charge in [0, 0.05) is 25.1 Å². The van der Waals surface area contributed by atoms with Crippen molar-refractivity contribution in [3.8, 4) is 17.2 Å². The second-order valence-corrected chi connectivity index (χ2v) is 9.96. The second kappa shape index (κ2) is 11.4. The lowest BCUT2D eigenvalue weighted by atomic mass is 9.92. The Bertz CT molecular complexity index is 1340. The van der Waals surface area contributed by atoms with Crippen molar-refractivity contribution in [1.82, 2.24) is 4.90 Å². The Hall–Kier alpha value is -3.95. The van der Waals surface area contributed by atoms with E-state index in [-0.39, 0.29) is 12.5 Å². The molecule has 0 aromatic heterocycles. The van der Waals surface area contributed by atoms with Crippen LogP contribution in [0.3, 0.4) is 0 Å². The molecule has 4 bridgehead atoms. The van der Waals surface area contributed by atoms with Gasteiger partial charge in [-0.25, -0.2) is 0 Å². The van der Waals surface area contributed by atoms with Gasteiger partial charge in [0.05, 0.1) is 11.6 Å². The largest absolute Gasteiger partial charge is 0.459 e. The van der Waals surface area contributed by atoms with Gasteiger partial charge < -0.3 is 15.4 Å². The first-order chi connectivity index (χ1) is 17.8. The van der Waals surface area contributed by atoms with Crippen molar-refractivity contribution >= 4 is 11.9 Å². The van der Waals surface area contributed by atoms with Crippen LogP contribution in [0.1, 0.15) is 59.3 Å². The average Bonchev–Trinajstić information content (AvgIpc) is 2.90. The predicted molar refractivity (Wildman–Crippen MR) is 144 cm³/mol. The predicted octanol–water partition coefficient (Wildman–Crippen LogP) is 5.03. The minimum atomic E-state index is -1.20. The van der Waals surface area contributed by atoms with E-state index in [1.165, 1.54) is 0 Å². The van der Waals surface area contributed by atoms with Crippen molar-refractivity contribution in [2.45, 2.75) is 51.7 Å². The molecular formula is C31H33N3O3. The van der Waals surface area contributed by atoms with Gasteiger partial charge in [-0.1, -0.05) is 49.4 Å². The van der Waals surface area contributed by atoms with Gasteiger partial charge in [-0.2, -0.15) is 5.26 Å². The minimum absolute atomic E-state index is 0.0255. The SMILES string of the molecule is CCCN1CCCc2cccc(c2)CC(C)(N)C(=O)OCc2cc(cc(-c3ccccc3C#N)c2)C1=O. The average molecular weight is 496 g/mol. The lowest BCUT2D eigenvalue weighted by Crippen LogP contribution is -2.48. The molecule has 0 saturated heterocycles. The van der Waals surface area contributed by atoms with Gasteiger partial charge in [-0.3, -0.25) is 9.59 Å². The Morgan fingerprint density at radius 3 is 2.54 bits per heavy atom. The first-order valence-electron chi connectivity index (χ1n) is 12.8. The summed E-state index contributed by atoms with van der Waals surface area (Å²) < 4.78 is 5.67. The normalized spacial score (nSPS) is 18.7. The summed E-state index contributed by atoms with van der Waals surface area (Å²) in [5, 5.41) is 9.65. The number of carbonyl (C=O) groups excluding carboxylic acids is 2. The smallest absolute Gasteiger partial charge is 0.326 e. The van der Waals surface area contributed by atoms with Gasteiger partial charge in [0.15, 0.2) is 0 Å². The fourth-order valence-electron chi connectivity index (χ4n) is 4.83. The number of ether oxygens (including phenoxy) is 1. The lowest BCUT2D eigenvalue weighted by Gasteiger charge is -2.25. The van der Waals surface area contributed by atoms with Crippen LogP contribution in [0.25, 0.3) is 11.1 Å². The molecule has 0 fully saturated rings. The van der Waals surface area contributed by atoms with Crippen LogP contribution >= 0.6 is 0 Å². The van der Waals surface area contributed by atoms with Crippen LogP contribution in [0, 0.1) is 11.3 Å².